The summed E-state index contributed by atoms with van der Waals surface area (Å²) in [5.74, 6) is 0. The summed E-state index contributed by atoms with van der Waals surface area (Å²) in [4.78, 5) is 12.4. The first-order valence-electron chi connectivity index (χ1n) is 6.82. The van der Waals surface area contributed by atoms with Crippen molar-refractivity contribution in [1.82, 2.24) is 4.57 Å². The number of aliphatic hydroxyl groups excluding tert-OH is 3. The first-order chi connectivity index (χ1) is 10.1. The van der Waals surface area contributed by atoms with Gasteiger partial charge in [-0.3, -0.25) is 4.79 Å². The Morgan fingerprint density at radius 1 is 1.10 bits per heavy atom. The molecule has 2 aromatic rings. The number of hydrogen-bond donors (Lipinski definition) is 3. The van der Waals surface area contributed by atoms with Gasteiger partial charge in [0.2, 0.25) is 0 Å². The molecule has 3 rings (SSSR count). The molecule has 0 saturated carbocycles. The van der Waals surface area contributed by atoms with Crippen LogP contribution in [0.3, 0.4) is 0 Å². The standard InChI is InChI=1S/C15H17NO5/c17-8-12-14(19)13(18)11(21-12)7-16-6-5-9-3-1-2-4-10(9)15(16)20/h1-6,11-14,17-19H,7-8H2/t11-,12+,13-,14+/m0/s1. The molecule has 21 heavy (non-hydrogen) atoms. The van der Waals surface area contributed by atoms with Gasteiger partial charge in [0, 0.05) is 11.6 Å². The molecule has 6 heteroatoms. The van der Waals surface area contributed by atoms with Crippen molar-refractivity contribution in [3.63, 3.8) is 0 Å². The van der Waals surface area contributed by atoms with E-state index in [4.69, 9.17) is 9.84 Å². The molecule has 1 aromatic heterocycles. The van der Waals surface area contributed by atoms with E-state index in [1.807, 2.05) is 18.2 Å². The van der Waals surface area contributed by atoms with Crippen molar-refractivity contribution in [2.45, 2.75) is 31.0 Å². The van der Waals surface area contributed by atoms with Crippen molar-refractivity contribution >= 4 is 10.8 Å². The average molecular weight is 291 g/mol. The zero-order chi connectivity index (χ0) is 15.0. The molecule has 0 spiro atoms. The maximum absolute atomic E-state index is 12.4. The Hall–Kier alpha value is -1.73. The van der Waals surface area contributed by atoms with Gasteiger partial charge in [0.25, 0.3) is 5.56 Å². The molecular formula is C15H17NO5. The molecule has 4 atom stereocenters. The molecule has 0 radical (unpaired) electrons. The molecule has 1 aromatic carbocycles. The molecule has 2 heterocycles. The minimum atomic E-state index is -1.14. The van der Waals surface area contributed by atoms with Gasteiger partial charge in [-0.15, -0.1) is 0 Å². The van der Waals surface area contributed by atoms with E-state index < -0.39 is 24.4 Å². The molecule has 0 bridgehead atoms. The zero-order valence-electron chi connectivity index (χ0n) is 11.3. The smallest absolute Gasteiger partial charge is 0.258 e. The van der Waals surface area contributed by atoms with E-state index in [1.54, 1.807) is 18.3 Å². The topological polar surface area (TPSA) is 91.9 Å². The molecule has 112 valence electrons. The molecule has 1 fully saturated rings. The Balaban J connectivity index is 1.89. The predicted molar refractivity (Wildman–Crippen MR) is 76.0 cm³/mol. The van der Waals surface area contributed by atoms with E-state index in [0.717, 1.165) is 5.39 Å². The Morgan fingerprint density at radius 3 is 2.52 bits per heavy atom. The fourth-order valence-corrected chi connectivity index (χ4v) is 2.69. The van der Waals surface area contributed by atoms with Crippen molar-refractivity contribution in [2.75, 3.05) is 6.61 Å². The maximum Gasteiger partial charge on any atom is 0.258 e. The van der Waals surface area contributed by atoms with Gasteiger partial charge in [-0.1, -0.05) is 18.2 Å². The highest BCUT2D eigenvalue weighted by atomic mass is 16.6. The van der Waals surface area contributed by atoms with Crippen LogP contribution < -0.4 is 5.56 Å². The third-order valence-corrected chi connectivity index (χ3v) is 3.90. The Kier molecular flexibility index (Phi) is 3.77. The normalized spacial score (nSPS) is 29.1. The van der Waals surface area contributed by atoms with Crippen LogP contribution in [0, 0.1) is 0 Å². The van der Waals surface area contributed by atoms with Crippen LogP contribution in [0.15, 0.2) is 41.3 Å². The number of rotatable bonds is 3. The highest BCUT2D eigenvalue weighted by Crippen LogP contribution is 2.22. The van der Waals surface area contributed by atoms with Crippen LogP contribution in [-0.4, -0.2) is 50.9 Å². The second-order valence-corrected chi connectivity index (χ2v) is 5.24. The fourth-order valence-electron chi connectivity index (χ4n) is 2.69. The lowest BCUT2D eigenvalue weighted by Crippen LogP contribution is -2.36. The third-order valence-electron chi connectivity index (χ3n) is 3.90. The van der Waals surface area contributed by atoms with Gasteiger partial charge in [-0.2, -0.15) is 0 Å². The Bertz CT molecular complexity index is 698. The Labute approximate surface area is 120 Å². The minimum Gasteiger partial charge on any atom is -0.394 e. The van der Waals surface area contributed by atoms with Crippen molar-refractivity contribution in [2.24, 2.45) is 0 Å². The molecule has 6 nitrogen and oxygen atoms in total. The van der Waals surface area contributed by atoms with E-state index in [9.17, 15) is 15.0 Å². The first kappa shape index (κ1) is 14.2. The summed E-state index contributed by atoms with van der Waals surface area (Å²) in [5, 5.41) is 30.2. The maximum atomic E-state index is 12.4. The number of nitrogens with zero attached hydrogens (tertiary/aromatic N) is 1. The average Bonchev–Trinajstić information content (AvgIpc) is 2.78. The summed E-state index contributed by atoms with van der Waals surface area (Å²) in [6.07, 6.45) is -2.17. The van der Waals surface area contributed by atoms with Gasteiger partial charge in [0.15, 0.2) is 0 Å². The largest absolute Gasteiger partial charge is 0.394 e. The minimum absolute atomic E-state index is 0.123. The molecule has 3 N–H and O–H groups in total. The molecule has 1 aliphatic heterocycles. The number of fused-ring (bicyclic) bond motifs is 1. The highest BCUT2D eigenvalue weighted by molar-refractivity contribution is 5.81. The van der Waals surface area contributed by atoms with Crippen molar-refractivity contribution in [3.05, 3.63) is 46.9 Å². The SMILES string of the molecule is O=c1c2ccccc2ccn1C[C@@H]1O[C@H](CO)[C@@H](O)[C@H]1O. The van der Waals surface area contributed by atoms with Crippen LogP contribution >= 0.6 is 0 Å². The van der Waals surface area contributed by atoms with Gasteiger partial charge < -0.3 is 24.6 Å². The number of pyridine rings is 1. The quantitative estimate of drug-likeness (QED) is 0.708. The molecule has 1 aliphatic rings. The number of ether oxygens (including phenoxy) is 1. The van der Waals surface area contributed by atoms with Crippen molar-refractivity contribution in [3.8, 4) is 0 Å². The number of aliphatic hydroxyl groups is 3. The monoisotopic (exact) mass is 291 g/mol. The molecule has 0 amide bonds. The van der Waals surface area contributed by atoms with Crippen molar-refractivity contribution < 1.29 is 20.1 Å². The van der Waals surface area contributed by atoms with Gasteiger partial charge in [0.1, 0.15) is 24.4 Å². The van der Waals surface area contributed by atoms with Crippen molar-refractivity contribution in [1.29, 1.82) is 0 Å². The summed E-state index contributed by atoms with van der Waals surface area (Å²) < 4.78 is 6.84. The molecule has 1 saturated heterocycles. The molecule has 0 aliphatic carbocycles. The second kappa shape index (κ2) is 5.57. The van der Waals surface area contributed by atoms with E-state index in [-0.39, 0.29) is 18.7 Å². The zero-order valence-corrected chi connectivity index (χ0v) is 11.3. The van der Waals surface area contributed by atoms with Crippen LogP contribution in [0.1, 0.15) is 0 Å². The highest BCUT2D eigenvalue weighted by Gasteiger charge is 2.42. The number of aromatic nitrogens is 1. The van der Waals surface area contributed by atoms with Gasteiger partial charge in [-0.25, -0.2) is 0 Å². The summed E-state index contributed by atoms with van der Waals surface area (Å²) in [6, 6.07) is 9.07. The van der Waals surface area contributed by atoms with Gasteiger partial charge in [0.05, 0.1) is 13.2 Å². The summed E-state index contributed by atoms with van der Waals surface area (Å²) in [7, 11) is 0. The van der Waals surface area contributed by atoms with Crippen LogP contribution in [0.25, 0.3) is 10.8 Å². The van der Waals surface area contributed by atoms with Crippen LogP contribution in [0.2, 0.25) is 0 Å². The predicted octanol–water partition coefficient (Wildman–Crippen LogP) is -0.517. The third kappa shape index (κ3) is 2.47. The summed E-state index contributed by atoms with van der Waals surface area (Å²) in [5.41, 5.74) is -0.175. The Morgan fingerprint density at radius 2 is 1.81 bits per heavy atom. The first-order valence-corrected chi connectivity index (χ1v) is 6.82. The number of benzene rings is 1. The van der Waals surface area contributed by atoms with E-state index >= 15 is 0 Å². The summed E-state index contributed by atoms with van der Waals surface area (Å²) >= 11 is 0. The fraction of sp³-hybridized carbons (Fsp3) is 0.400. The second-order valence-electron chi connectivity index (χ2n) is 5.24. The van der Waals surface area contributed by atoms with Crippen LogP contribution in [0.5, 0.6) is 0 Å². The van der Waals surface area contributed by atoms with Gasteiger partial charge in [-0.05, 0) is 17.5 Å². The summed E-state index contributed by atoms with van der Waals surface area (Å²) in [6.45, 7) is -0.250. The van der Waals surface area contributed by atoms with Crippen LogP contribution in [0.4, 0.5) is 0 Å². The number of hydrogen-bond acceptors (Lipinski definition) is 5. The van der Waals surface area contributed by atoms with E-state index in [2.05, 4.69) is 0 Å². The van der Waals surface area contributed by atoms with E-state index in [0.29, 0.717) is 5.39 Å². The molecule has 0 unspecified atom stereocenters. The molecular weight excluding hydrogens is 274 g/mol. The van der Waals surface area contributed by atoms with Crippen LogP contribution in [-0.2, 0) is 11.3 Å². The lowest BCUT2D eigenvalue weighted by atomic mass is 10.1. The lowest BCUT2D eigenvalue weighted by Gasteiger charge is -2.16. The lowest BCUT2D eigenvalue weighted by molar-refractivity contribution is -0.0267. The van der Waals surface area contributed by atoms with Gasteiger partial charge >= 0.3 is 0 Å². The van der Waals surface area contributed by atoms with E-state index in [1.165, 1.54) is 4.57 Å².